The van der Waals surface area contributed by atoms with Crippen LogP contribution < -0.4 is 5.32 Å². The van der Waals surface area contributed by atoms with Gasteiger partial charge < -0.3 is 10.4 Å². The number of benzene rings is 1. The highest BCUT2D eigenvalue weighted by atomic mass is 32.2. The SMILES string of the molecule is O=C(O)CC1SC(=NN=Cc2c(F)ccc(F)c2F)NC1=O. The molecular weight excluding hydrogens is 323 g/mol. The van der Waals surface area contributed by atoms with Crippen LogP contribution in [0.5, 0.6) is 0 Å². The van der Waals surface area contributed by atoms with Crippen LogP contribution in [-0.4, -0.2) is 33.6 Å². The third kappa shape index (κ3) is 3.64. The normalized spacial score (nSPS) is 19.9. The molecular formula is C12H8F3N3O3S. The minimum absolute atomic E-state index is 0.00952. The van der Waals surface area contributed by atoms with E-state index >= 15 is 0 Å². The molecule has 1 aromatic carbocycles. The second-order valence-electron chi connectivity index (χ2n) is 4.10. The number of carbonyl (C=O) groups excluding carboxylic acids is 1. The highest BCUT2D eigenvalue weighted by Gasteiger charge is 2.32. The van der Waals surface area contributed by atoms with Gasteiger partial charge >= 0.3 is 5.97 Å². The van der Waals surface area contributed by atoms with E-state index < -0.39 is 46.6 Å². The number of carbonyl (C=O) groups is 2. The molecule has 6 nitrogen and oxygen atoms in total. The monoisotopic (exact) mass is 331 g/mol. The van der Waals surface area contributed by atoms with Crippen molar-refractivity contribution in [1.82, 2.24) is 5.32 Å². The van der Waals surface area contributed by atoms with Crippen LogP contribution in [0.1, 0.15) is 12.0 Å². The third-order valence-electron chi connectivity index (χ3n) is 2.55. The summed E-state index contributed by atoms with van der Waals surface area (Å²) in [6, 6.07) is 1.37. The Bertz CT molecular complexity index is 694. The van der Waals surface area contributed by atoms with E-state index in [-0.39, 0.29) is 5.17 Å². The highest BCUT2D eigenvalue weighted by Crippen LogP contribution is 2.22. The Morgan fingerprint density at radius 2 is 2.05 bits per heavy atom. The van der Waals surface area contributed by atoms with E-state index in [2.05, 4.69) is 15.5 Å². The fourth-order valence-corrected chi connectivity index (χ4v) is 2.46. The molecule has 1 aliphatic rings. The first-order valence-corrected chi connectivity index (χ1v) is 6.70. The fourth-order valence-electron chi connectivity index (χ4n) is 1.55. The molecule has 1 saturated heterocycles. The summed E-state index contributed by atoms with van der Waals surface area (Å²) in [4.78, 5) is 21.9. The Hall–Kier alpha value is -2.36. The molecule has 2 rings (SSSR count). The van der Waals surface area contributed by atoms with Crippen molar-refractivity contribution in [2.24, 2.45) is 10.2 Å². The van der Waals surface area contributed by atoms with Crippen molar-refractivity contribution in [2.75, 3.05) is 0 Å². The third-order valence-corrected chi connectivity index (χ3v) is 3.62. The van der Waals surface area contributed by atoms with Crippen molar-refractivity contribution in [2.45, 2.75) is 11.7 Å². The maximum absolute atomic E-state index is 13.3. The van der Waals surface area contributed by atoms with E-state index in [1.807, 2.05) is 0 Å². The molecule has 1 amide bonds. The van der Waals surface area contributed by atoms with Crippen molar-refractivity contribution in [3.05, 3.63) is 35.1 Å². The van der Waals surface area contributed by atoms with Crippen LogP contribution in [0.4, 0.5) is 13.2 Å². The first kappa shape index (κ1) is 16.0. The summed E-state index contributed by atoms with van der Waals surface area (Å²) < 4.78 is 39.6. The summed E-state index contributed by atoms with van der Waals surface area (Å²) in [6.07, 6.45) is 0.268. The highest BCUT2D eigenvalue weighted by molar-refractivity contribution is 8.15. The summed E-state index contributed by atoms with van der Waals surface area (Å²) in [6.45, 7) is 0. The standard InChI is InChI=1S/C12H8F3N3O3S/c13-6-1-2-7(14)10(15)5(6)4-16-18-12-17-11(21)8(22-12)3-9(19)20/h1-2,4,8H,3H2,(H,19,20)(H,17,18,21). The van der Waals surface area contributed by atoms with Gasteiger partial charge in [-0.05, 0) is 12.1 Å². The van der Waals surface area contributed by atoms with Gasteiger partial charge in [0.15, 0.2) is 16.8 Å². The zero-order valence-corrected chi connectivity index (χ0v) is 11.5. The largest absolute Gasteiger partial charge is 0.481 e. The van der Waals surface area contributed by atoms with E-state index in [1.165, 1.54) is 0 Å². The zero-order valence-electron chi connectivity index (χ0n) is 10.7. The van der Waals surface area contributed by atoms with Gasteiger partial charge in [0.1, 0.15) is 11.1 Å². The van der Waals surface area contributed by atoms with Gasteiger partial charge in [-0.15, -0.1) is 5.10 Å². The van der Waals surface area contributed by atoms with Crippen LogP contribution in [-0.2, 0) is 9.59 Å². The summed E-state index contributed by atoms with van der Waals surface area (Å²) in [5.74, 6) is -5.36. The first-order valence-electron chi connectivity index (χ1n) is 5.82. The molecule has 2 N–H and O–H groups in total. The number of nitrogens with one attached hydrogen (secondary N) is 1. The number of aliphatic carboxylic acids is 1. The van der Waals surface area contributed by atoms with Gasteiger partial charge in [0.2, 0.25) is 5.91 Å². The Morgan fingerprint density at radius 1 is 1.36 bits per heavy atom. The van der Waals surface area contributed by atoms with Crippen LogP contribution in [0, 0.1) is 17.5 Å². The Balaban J connectivity index is 2.11. The molecule has 1 heterocycles. The molecule has 0 aliphatic carbocycles. The maximum Gasteiger partial charge on any atom is 0.305 e. The van der Waals surface area contributed by atoms with Gasteiger partial charge in [-0.25, -0.2) is 13.2 Å². The number of hydrogen-bond acceptors (Lipinski definition) is 5. The molecule has 0 saturated carbocycles. The number of carboxylic acids is 1. The summed E-state index contributed by atoms with van der Waals surface area (Å²) in [5.41, 5.74) is -0.708. The van der Waals surface area contributed by atoms with Gasteiger partial charge in [-0.1, -0.05) is 11.8 Å². The summed E-state index contributed by atoms with van der Waals surface area (Å²) in [5, 5.41) is 16.9. The van der Waals surface area contributed by atoms with Crippen molar-refractivity contribution >= 4 is 35.0 Å². The van der Waals surface area contributed by atoms with Gasteiger partial charge in [0.05, 0.1) is 18.2 Å². The first-order chi connectivity index (χ1) is 10.4. The van der Waals surface area contributed by atoms with Crippen LogP contribution in [0.25, 0.3) is 0 Å². The van der Waals surface area contributed by atoms with Crippen molar-refractivity contribution < 1.29 is 27.9 Å². The fraction of sp³-hybridized carbons (Fsp3) is 0.167. The van der Waals surface area contributed by atoms with E-state index in [4.69, 9.17) is 5.11 Å². The molecule has 0 spiro atoms. The van der Waals surface area contributed by atoms with Crippen LogP contribution >= 0.6 is 11.8 Å². The van der Waals surface area contributed by atoms with Crippen molar-refractivity contribution in [1.29, 1.82) is 0 Å². The van der Waals surface area contributed by atoms with Gasteiger partial charge in [-0.3, -0.25) is 9.59 Å². The number of amidine groups is 1. The predicted octanol–water partition coefficient (Wildman–Crippen LogP) is 1.50. The number of rotatable bonds is 4. The topological polar surface area (TPSA) is 91.1 Å². The number of amides is 1. The smallest absolute Gasteiger partial charge is 0.305 e. The Morgan fingerprint density at radius 3 is 2.73 bits per heavy atom. The number of hydrogen-bond donors (Lipinski definition) is 2. The lowest BCUT2D eigenvalue weighted by Crippen LogP contribution is -2.26. The molecule has 1 unspecified atom stereocenters. The minimum Gasteiger partial charge on any atom is -0.481 e. The average molecular weight is 331 g/mol. The lowest BCUT2D eigenvalue weighted by molar-refractivity contribution is -0.138. The quantitative estimate of drug-likeness (QED) is 0.497. The molecule has 22 heavy (non-hydrogen) atoms. The number of halogens is 3. The summed E-state index contributed by atoms with van der Waals surface area (Å²) in [7, 11) is 0. The van der Waals surface area contributed by atoms with Crippen LogP contribution in [0.3, 0.4) is 0 Å². The zero-order chi connectivity index (χ0) is 16.3. The molecule has 116 valence electrons. The van der Waals surface area contributed by atoms with E-state index in [9.17, 15) is 22.8 Å². The van der Waals surface area contributed by atoms with Crippen LogP contribution in [0.2, 0.25) is 0 Å². The average Bonchev–Trinajstić information content (AvgIpc) is 2.78. The molecule has 0 bridgehead atoms. The Kier molecular flexibility index (Phi) is 4.81. The van der Waals surface area contributed by atoms with Gasteiger partial charge in [0.25, 0.3) is 0 Å². The van der Waals surface area contributed by atoms with Crippen molar-refractivity contribution in [3.8, 4) is 0 Å². The molecule has 1 aliphatic heterocycles. The number of carboxylic acid groups (broad SMARTS) is 1. The van der Waals surface area contributed by atoms with E-state index in [0.717, 1.165) is 17.8 Å². The molecule has 0 aromatic heterocycles. The number of thioether (sulfide) groups is 1. The molecule has 1 aromatic rings. The minimum atomic E-state index is -1.41. The summed E-state index contributed by atoms with van der Waals surface area (Å²) >= 11 is 0.827. The number of nitrogens with zero attached hydrogens (tertiary/aromatic N) is 2. The second-order valence-corrected chi connectivity index (χ2v) is 5.29. The van der Waals surface area contributed by atoms with E-state index in [0.29, 0.717) is 12.3 Å². The molecule has 10 heteroatoms. The molecule has 1 fully saturated rings. The second kappa shape index (κ2) is 6.60. The maximum atomic E-state index is 13.3. The van der Waals surface area contributed by atoms with E-state index in [1.54, 1.807) is 0 Å². The lowest BCUT2D eigenvalue weighted by atomic mass is 10.2. The molecule has 0 radical (unpaired) electrons. The molecule has 1 atom stereocenters. The van der Waals surface area contributed by atoms with Crippen LogP contribution in [0.15, 0.2) is 22.3 Å². The lowest BCUT2D eigenvalue weighted by Gasteiger charge is -1.98. The van der Waals surface area contributed by atoms with Gasteiger partial charge in [0, 0.05) is 0 Å². The predicted molar refractivity (Wildman–Crippen MR) is 73.1 cm³/mol. The van der Waals surface area contributed by atoms with Gasteiger partial charge in [-0.2, -0.15) is 5.10 Å². The van der Waals surface area contributed by atoms with Crippen molar-refractivity contribution in [3.63, 3.8) is 0 Å². The Labute approximate surface area is 126 Å².